The van der Waals surface area contributed by atoms with Crippen molar-refractivity contribution in [3.8, 4) is 11.8 Å². The van der Waals surface area contributed by atoms with Crippen molar-refractivity contribution in [2.24, 2.45) is 5.92 Å². The number of nitrogens with one attached hydrogen (secondary N) is 2. The molecule has 2 aromatic rings. The van der Waals surface area contributed by atoms with Crippen LogP contribution in [0.2, 0.25) is 0 Å². The molecule has 0 aliphatic rings. The second-order valence-electron chi connectivity index (χ2n) is 5.64. The van der Waals surface area contributed by atoms with Crippen LogP contribution in [0.3, 0.4) is 0 Å². The predicted octanol–water partition coefficient (Wildman–Crippen LogP) is 2.95. The average Bonchev–Trinajstić information content (AvgIpc) is 2.60. The third-order valence-electron chi connectivity index (χ3n) is 3.29. The molecule has 2 aromatic carbocycles. The summed E-state index contributed by atoms with van der Waals surface area (Å²) < 4.78 is 0. The van der Waals surface area contributed by atoms with Crippen LogP contribution in [0.15, 0.2) is 54.6 Å². The van der Waals surface area contributed by atoms with Crippen molar-refractivity contribution in [3.63, 3.8) is 0 Å². The summed E-state index contributed by atoms with van der Waals surface area (Å²) in [5, 5.41) is 5.57. The number of carbonyl (C=O) groups is 2. The molecule has 0 aliphatic carbocycles. The van der Waals surface area contributed by atoms with Gasteiger partial charge in [-0.2, -0.15) is 0 Å². The van der Waals surface area contributed by atoms with Gasteiger partial charge in [-0.3, -0.25) is 9.59 Å². The van der Waals surface area contributed by atoms with Crippen molar-refractivity contribution in [2.75, 3.05) is 5.32 Å². The number of benzene rings is 2. The van der Waals surface area contributed by atoms with E-state index in [0.717, 1.165) is 16.8 Å². The van der Waals surface area contributed by atoms with Crippen LogP contribution >= 0.6 is 0 Å². The fraction of sp³-hybridized carbons (Fsp3) is 0.200. The predicted molar refractivity (Wildman–Crippen MR) is 95.1 cm³/mol. The van der Waals surface area contributed by atoms with Crippen molar-refractivity contribution in [1.29, 1.82) is 0 Å². The van der Waals surface area contributed by atoms with E-state index in [0.29, 0.717) is 6.54 Å². The first-order valence-electron chi connectivity index (χ1n) is 7.79. The zero-order chi connectivity index (χ0) is 17.4. The maximum Gasteiger partial charge on any atom is 0.296 e. The monoisotopic (exact) mass is 320 g/mol. The number of hydrogen-bond acceptors (Lipinski definition) is 2. The minimum atomic E-state index is -0.323. The molecule has 0 aromatic heterocycles. The largest absolute Gasteiger partial charge is 0.341 e. The molecule has 24 heavy (non-hydrogen) atoms. The zero-order valence-electron chi connectivity index (χ0n) is 13.8. The Bertz CT molecular complexity index is 754. The van der Waals surface area contributed by atoms with Gasteiger partial charge in [-0.15, -0.1) is 0 Å². The first-order valence-corrected chi connectivity index (χ1v) is 7.79. The molecule has 0 bridgehead atoms. The Labute approximate surface area is 142 Å². The highest BCUT2D eigenvalue weighted by atomic mass is 16.2. The van der Waals surface area contributed by atoms with Crippen LogP contribution < -0.4 is 10.6 Å². The Morgan fingerprint density at radius 3 is 2.29 bits per heavy atom. The highest BCUT2D eigenvalue weighted by Gasteiger charge is 2.06. The van der Waals surface area contributed by atoms with Crippen LogP contribution in [0, 0.1) is 17.8 Å². The molecule has 0 atom stereocenters. The molecule has 4 nitrogen and oxygen atoms in total. The van der Waals surface area contributed by atoms with E-state index in [1.165, 1.54) is 0 Å². The van der Waals surface area contributed by atoms with Crippen LogP contribution in [0.25, 0.3) is 0 Å². The van der Waals surface area contributed by atoms with Gasteiger partial charge >= 0.3 is 0 Å². The van der Waals surface area contributed by atoms with Gasteiger partial charge in [0.15, 0.2) is 0 Å². The van der Waals surface area contributed by atoms with Gasteiger partial charge < -0.3 is 10.6 Å². The molecule has 0 spiro atoms. The van der Waals surface area contributed by atoms with Gasteiger partial charge in [0.05, 0.1) is 0 Å². The molecule has 0 unspecified atom stereocenters. The summed E-state index contributed by atoms with van der Waals surface area (Å²) >= 11 is 0. The van der Waals surface area contributed by atoms with Crippen molar-refractivity contribution in [3.05, 3.63) is 65.7 Å². The molecule has 0 saturated heterocycles. The Balaban J connectivity index is 1.85. The van der Waals surface area contributed by atoms with E-state index in [-0.39, 0.29) is 17.7 Å². The Hall–Kier alpha value is -3.06. The Morgan fingerprint density at radius 1 is 1.00 bits per heavy atom. The van der Waals surface area contributed by atoms with Crippen LogP contribution in [-0.4, -0.2) is 11.8 Å². The summed E-state index contributed by atoms with van der Waals surface area (Å²) in [7, 11) is 0. The lowest BCUT2D eigenvalue weighted by molar-refractivity contribution is -0.119. The number of amides is 2. The summed E-state index contributed by atoms with van der Waals surface area (Å²) in [6, 6.07) is 16.7. The lowest BCUT2D eigenvalue weighted by atomic mass is 10.1. The molecule has 0 heterocycles. The van der Waals surface area contributed by atoms with Gasteiger partial charge in [0, 0.05) is 29.6 Å². The summed E-state index contributed by atoms with van der Waals surface area (Å²) in [6.07, 6.45) is 0. The van der Waals surface area contributed by atoms with E-state index in [1.54, 1.807) is 0 Å². The minimum absolute atomic E-state index is 0.0211. The minimum Gasteiger partial charge on any atom is -0.341 e. The van der Waals surface area contributed by atoms with E-state index < -0.39 is 0 Å². The van der Waals surface area contributed by atoms with Gasteiger partial charge in [0.25, 0.3) is 5.91 Å². The van der Waals surface area contributed by atoms with Gasteiger partial charge in [0.1, 0.15) is 0 Å². The maximum absolute atomic E-state index is 11.7. The summed E-state index contributed by atoms with van der Waals surface area (Å²) in [5.41, 5.74) is 2.48. The molecule has 0 radical (unpaired) electrons. The molecule has 0 saturated carbocycles. The Morgan fingerprint density at radius 2 is 1.67 bits per heavy atom. The van der Waals surface area contributed by atoms with Crippen LogP contribution in [0.5, 0.6) is 0 Å². The van der Waals surface area contributed by atoms with E-state index in [2.05, 4.69) is 22.5 Å². The van der Waals surface area contributed by atoms with Crippen LogP contribution in [-0.2, 0) is 16.1 Å². The first-order chi connectivity index (χ1) is 11.5. The zero-order valence-corrected chi connectivity index (χ0v) is 13.8. The summed E-state index contributed by atoms with van der Waals surface area (Å²) in [5.74, 6) is 4.97. The summed E-state index contributed by atoms with van der Waals surface area (Å²) in [6.45, 7) is 4.08. The number of hydrogen-bond donors (Lipinski definition) is 2. The van der Waals surface area contributed by atoms with Gasteiger partial charge in [-0.1, -0.05) is 50.1 Å². The fourth-order valence-electron chi connectivity index (χ4n) is 1.87. The first kappa shape index (κ1) is 17.3. The van der Waals surface area contributed by atoms with E-state index in [1.807, 2.05) is 68.4 Å². The molecular formula is C20H20N2O2. The third kappa shape index (κ3) is 5.62. The molecule has 122 valence electrons. The number of rotatable bonds is 4. The second-order valence-corrected chi connectivity index (χ2v) is 5.64. The second kappa shape index (κ2) is 8.54. The van der Waals surface area contributed by atoms with E-state index in [4.69, 9.17) is 0 Å². The highest BCUT2D eigenvalue weighted by Crippen LogP contribution is 2.10. The molecule has 4 heteroatoms. The molecular weight excluding hydrogens is 300 g/mol. The van der Waals surface area contributed by atoms with E-state index >= 15 is 0 Å². The van der Waals surface area contributed by atoms with Crippen molar-refractivity contribution >= 4 is 17.5 Å². The molecule has 2 rings (SSSR count). The maximum atomic E-state index is 11.7. The molecule has 0 aliphatic heterocycles. The quantitative estimate of drug-likeness (QED) is 0.851. The standard InChI is InChI=1S/C20H20N2O2/c1-15(2)20(24)22-18-11-8-17(9-12-18)14-21-19(23)13-10-16-6-4-3-5-7-16/h3-9,11-12,15H,14H2,1-2H3,(H,21,23)(H,22,24). The van der Waals surface area contributed by atoms with E-state index in [9.17, 15) is 9.59 Å². The molecule has 2 N–H and O–H groups in total. The number of carbonyl (C=O) groups excluding carboxylic acids is 2. The molecule has 2 amide bonds. The third-order valence-corrected chi connectivity index (χ3v) is 3.29. The summed E-state index contributed by atoms with van der Waals surface area (Å²) in [4.78, 5) is 23.4. The Kier molecular flexibility index (Phi) is 6.16. The highest BCUT2D eigenvalue weighted by molar-refractivity contribution is 5.94. The lowest BCUT2D eigenvalue weighted by Crippen LogP contribution is -2.21. The molecule has 0 fully saturated rings. The smallest absolute Gasteiger partial charge is 0.296 e. The topological polar surface area (TPSA) is 58.2 Å². The van der Waals surface area contributed by atoms with Crippen molar-refractivity contribution < 1.29 is 9.59 Å². The van der Waals surface area contributed by atoms with Crippen molar-refractivity contribution in [1.82, 2.24) is 5.32 Å². The number of anilines is 1. The lowest BCUT2D eigenvalue weighted by Gasteiger charge is -2.08. The van der Waals surface area contributed by atoms with Crippen LogP contribution in [0.1, 0.15) is 25.0 Å². The SMILES string of the molecule is CC(C)C(=O)Nc1ccc(CNC(=O)C#Cc2ccccc2)cc1. The van der Waals surface area contributed by atoms with Gasteiger partial charge in [-0.25, -0.2) is 0 Å². The van der Waals surface area contributed by atoms with Gasteiger partial charge in [-0.05, 0) is 29.8 Å². The van der Waals surface area contributed by atoms with Gasteiger partial charge in [0.2, 0.25) is 5.91 Å². The fourth-order valence-corrected chi connectivity index (χ4v) is 1.87. The van der Waals surface area contributed by atoms with Crippen LogP contribution in [0.4, 0.5) is 5.69 Å². The normalized spacial score (nSPS) is 9.79. The average molecular weight is 320 g/mol. The van der Waals surface area contributed by atoms with Crippen molar-refractivity contribution in [2.45, 2.75) is 20.4 Å².